The predicted molar refractivity (Wildman–Crippen MR) is 123 cm³/mol. The molecule has 0 bridgehead atoms. The van der Waals surface area contributed by atoms with E-state index < -0.39 is 5.41 Å². The number of aldehydes is 1. The molecule has 0 saturated carbocycles. The van der Waals surface area contributed by atoms with Crippen LogP contribution in [-0.2, 0) is 12.0 Å². The van der Waals surface area contributed by atoms with E-state index in [2.05, 4.69) is 13.8 Å². The first kappa shape index (κ1) is 23.8. The average Bonchev–Trinajstić information content (AvgIpc) is 2.77. The summed E-state index contributed by atoms with van der Waals surface area (Å²) in [7, 11) is 1.56. The van der Waals surface area contributed by atoms with E-state index in [4.69, 9.17) is 9.47 Å². The Hall–Kier alpha value is -2.46. The summed E-state index contributed by atoms with van der Waals surface area (Å²) in [5.74, 6) is 1.42. The quantitative estimate of drug-likeness (QED) is 0.202. The summed E-state index contributed by atoms with van der Waals surface area (Å²) >= 11 is 0. The normalized spacial score (nSPS) is 12.9. The maximum Gasteiger partial charge on any atom is 0.313 e. The second-order valence-electron chi connectivity index (χ2n) is 8.01. The lowest BCUT2D eigenvalue weighted by molar-refractivity contribution is 0.278. The van der Waals surface area contributed by atoms with Crippen molar-refractivity contribution in [1.29, 1.82) is 0 Å². The number of aliphatic hydroxyl groups excluding tert-OH is 1. The van der Waals surface area contributed by atoms with E-state index in [0.717, 1.165) is 36.2 Å². The molecule has 162 valence electrons. The van der Waals surface area contributed by atoms with Crippen LogP contribution in [0.15, 0.2) is 36.4 Å². The van der Waals surface area contributed by atoms with Crippen LogP contribution in [0.25, 0.3) is 0 Å². The van der Waals surface area contributed by atoms with Crippen molar-refractivity contribution in [2.45, 2.75) is 64.4 Å². The Morgan fingerprint density at radius 3 is 2.30 bits per heavy atom. The molecule has 0 spiro atoms. The zero-order chi connectivity index (χ0) is 22.0. The maximum absolute atomic E-state index is 9.90. The minimum atomic E-state index is -0.670. The van der Waals surface area contributed by atoms with Gasteiger partial charge in [-0.25, -0.2) is 0 Å². The number of aliphatic hydroxyl groups is 1. The predicted octanol–water partition coefficient (Wildman–Crippen LogP) is 5.59. The molecule has 0 aromatic heterocycles. The smallest absolute Gasteiger partial charge is 0.313 e. The van der Waals surface area contributed by atoms with Crippen molar-refractivity contribution in [2.24, 2.45) is 0 Å². The van der Waals surface area contributed by atoms with Gasteiger partial charge in [0.05, 0.1) is 32.8 Å². The number of ether oxygens (including phenoxy) is 2. The van der Waals surface area contributed by atoms with Crippen LogP contribution in [-0.4, -0.2) is 29.9 Å². The first-order chi connectivity index (χ1) is 14.5. The highest BCUT2D eigenvalue weighted by atomic mass is 16.5. The molecule has 2 aromatic carbocycles. The zero-order valence-electron chi connectivity index (χ0n) is 18.6. The molecule has 30 heavy (non-hydrogen) atoms. The van der Waals surface area contributed by atoms with E-state index in [1.165, 1.54) is 32.1 Å². The molecular formula is C26H36O4+2. The number of hydrogen-bond donors (Lipinski definition) is 1. The number of carbonyl (C=O) groups excluding carboxylic acids is 1. The van der Waals surface area contributed by atoms with Gasteiger partial charge in [0.15, 0.2) is 5.41 Å². The molecule has 0 fully saturated rings. The van der Waals surface area contributed by atoms with Gasteiger partial charge in [0.2, 0.25) is 0 Å². The fourth-order valence-electron chi connectivity index (χ4n) is 3.85. The lowest BCUT2D eigenvalue weighted by Gasteiger charge is -2.23. The molecule has 0 radical (unpaired) electrons. The van der Waals surface area contributed by atoms with E-state index >= 15 is 0 Å². The minimum Gasteiger partial charge on any atom is -0.497 e. The molecule has 0 aliphatic carbocycles. The standard InChI is InChI=1S/C26H35O4/c1-5-6-7-8-9-10-15-30-23-13-11-22(12-14-23)26(2,3)25-20(18-27)16-24(29-4)17-21(25)19-28/h11-14,16-18,28H,2,5-10,15,19H2,1,3-4H3/q+1/p+1. The van der Waals surface area contributed by atoms with Crippen molar-refractivity contribution in [3.63, 3.8) is 0 Å². The molecule has 2 aromatic rings. The Kier molecular flexibility index (Phi) is 9.25. The molecule has 1 atom stereocenters. The second kappa shape index (κ2) is 11.7. The fraction of sp³-hybridized carbons (Fsp3) is 0.462. The van der Waals surface area contributed by atoms with Gasteiger partial charge in [0, 0.05) is 11.1 Å². The molecule has 2 N–H and O–H groups in total. The Labute approximate surface area is 181 Å². The van der Waals surface area contributed by atoms with Gasteiger partial charge in [-0.1, -0.05) is 51.2 Å². The third kappa shape index (κ3) is 6.02. The monoisotopic (exact) mass is 412 g/mol. The van der Waals surface area contributed by atoms with Crippen molar-refractivity contribution in [2.75, 3.05) is 13.7 Å². The van der Waals surface area contributed by atoms with Crippen LogP contribution in [0.2, 0.25) is 0 Å². The van der Waals surface area contributed by atoms with Crippen molar-refractivity contribution in [3.8, 4) is 11.5 Å². The van der Waals surface area contributed by atoms with Gasteiger partial charge in [-0.05, 0) is 43.2 Å². The van der Waals surface area contributed by atoms with Crippen LogP contribution >= 0.6 is 0 Å². The summed E-state index contributed by atoms with van der Waals surface area (Å²) in [6, 6.07) is 11.4. The van der Waals surface area contributed by atoms with Gasteiger partial charge in [-0.2, -0.15) is 0 Å². The summed E-state index contributed by atoms with van der Waals surface area (Å²) in [4.78, 5) is 9.79. The molecular weight excluding hydrogens is 376 g/mol. The van der Waals surface area contributed by atoms with Crippen LogP contribution in [0.5, 0.6) is 11.5 Å². The van der Waals surface area contributed by atoms with Crippen molar-refractivity contribution >= 4 is 6.29 Å². The van der Waals surface area contributed by atoms with Crippen LogP contribution in [0.1, 0.15) is 74.6 Å². The Morgan fingerprint density at radius 1 is 1.03 bits per heavy atom. The summed E-state index contributed by atoms with van der Waals surface area (Å²) < 4.78 is 11.2. The van der Waals surface area contributed by atoms with Gasteiger partial charge in [0.25, 0.3) is 0 Å². The third-order valence-corrected chi connectivity index (χ3v) is 5.58. The second-order valence-corrected chi connectivity index (χ2v) is 8.01. The molecule has 4 nitrogen and oxygen atoms in total. The van der Waals surface area contributed by atoms with E-state index in [0.29, 0.717) is 16.9 Å². The molecule has 0 aliphatic heterocycles. The molecule has 0 amide bonds. The van der Waals surface area contributed by atoms with E-state index in [9.17, 15) is 9.90 Å². The van der Waals surface area contributed by atoms with Crippen LogP contribution in [0.3, 0.4) is 0 Å². The van der Waals surface area contributed by atoms with Crippen molar-refractivity contribution < 1.29 is 19.4 Å². The lowest BCUT2D eigenvalue weighted by atomic mass is 9.74. The summed E-state index contributed by atoms with van der Waals surface area (Å²) in [6.45, 7) is 9.16. The topological polar surface area (TPSA) is 60.1 Å². The summed E-state index contributed by atoms with van der Waals surface area (Å²) in [5, 5.41) is 9.90. The minimum absolute atomic E-state index is 0.169. The zero-order valence-corrected chi connectivity index (χ0v) is 18.6. The number of rotatable bonds is 13. The van der Waals surface area contributed by atoms with Crippen LogP contribution in [0, 0.1) is 6.92 Å². The van der Waals surface area contributed by atoms with Crippen molar-refractivity contribution in [3.05, 3.63) is 65.6 Å². The largest absolute Gasteiger partial charge is 0.497 e. The molecule has 1 unspecified atom stereocenters. The van der Waals surface area contributed by atoms with Crippen LogP contribution in [0.4, 0.5) is 0 Å². The van der Waals surface area contributed by atoms with Crippen LogP contribution < -0.4 is 9.47 Å². The molecule has 0 saturated heterocycles. The fourth-order valence-corrected chi connectivity index (χ4v) is 3.85. The first-order valence-corrected chi connectivity index (χ1v) is 10.9. The number of unbranched alkanes of at least 4 members (excludes halogenated alkanes) is 5. The highest BCUT2D eigenvalue weighted by molar-refractivity contribution is 5.81. The summed E-state index contributed by atoms with van der Waals surface area (Å²) in [6.07, 6.45) is 8.47. The van der Waals surface area contributed by atoms with E-state index in [1.807, 2.05) is 31.2 Å². The van der Waals surface area contributed by atoms with Gasteiger partial charge < -0.3 is 14.6 Å². The Balaban J connectivity index is 2.11. The maximum atomic E-state index is 9.90. The molecule has 2 rings (SSSR count). The Bertz CT molecular complexity index is 793. The van der Waals surface area contributed by atoms with Gasteiger partial charge in [-0.3, -0.25) is 4.79 Å². The van der Waals surface area contributed by atoms with Gasteiger partial charge in [0.1, 0.15) is 11.5 Å². The lowest BCUT2D eigenvalue weighted by Crippen LogP contribution is -2.24. The van der Waals surface area contributed by atoms with Gasteiger partial charge in [-0.15, -0.1) is 0 Å². The summed E-state index contributed by atoms with van der Waals surface area (Å²) in [5.41, 5.74) is 2.33. The number of methoxy groups -OCH3 is 1. The van der Waals surface area contributed by atoms with E-state index in [1.54, 1.807) is 19.2 Å². The molecule has 4 heteroatoms. The third-order valence-electron chi connectivity index (χ3n) is 5.58. The highest BCUT2D eigenvalue weighted by Crippen LogP contribution is 2.38. The average molecular weight is 413 g/mol. The molecule has 0 heterocycles. The highest BCUT2D eigenvalue weighted by Gasteiger charge is 2.36. The Morgan fingerprint density at radius 2 is 1.70 bits per heavy atom. The van der Waals surface area contributed by atoms with Gasteiger partial charge >= 0.3 is 6.29 Å². The molecule has 0 aliphatic rings. The SMILES string of the molecule is [CH2+]C(C)(c1ccc(OCCCCCCCC)cc1)c1c(C=[OH+])cc(OC)cc1CO. The van der Waals surface area contributed by atoms with E-state index in [-0.39, 0.29) is 6.61 Å². The van der Waals surface area contributed by atoms with Crippen molar-refractivity contribution in [1.82, 2.24) is 0 Å². The number of hydrogen-bond acceptors (Lipinski definition) is 3. The first-order valence-electron chi connectivity index (χ1n) is 10.9. The number of benzene rings is 2.